The molecule has 0 amide bonds. The number of fused-ring (bicyclic) bond motifs is 3. The maximum atomic E-state index is 12.5. The summed E-state index contributed by atoms with van der Waals surface area (Å²) in [5.74, 6) is 0.560. The Hall–Kier alpha value is -2.94. The van der Waals surface area contributed by atoms with Crippen LogP contribution in [0.1, 0.15) is 0 Å². The summed E-state index contributed by atoms with van der Waals surface area (Å²) in [6.07, 6.45) is 3.36. The van der Waals surface area contributed by atoms with Gasteiger partial charge in [-0.15, -0.1) is 0 Å². The molecule has 0 aliphatic carbocycles. The summed E-state index contributed by atoms with van der Waals surface area (Å²) in [5, 5.41) is 2.59. The maximum Gasteiger partial charge on any atom is 0.193 e. The van der Waals surface area contributed by atoms with Crippen LogP contribution < -0.4 is 5.43 Å². The van der Waals surface area contributed by atoms with Crippen molar-refractivity contribution in [2.75, 3.05) is 0 Å². The zero-order valence-corrected chi connectivity index (χ0v) is 11.1. The van der Waals surface area contributed by atoms with Gasteiger partial charge in [0.2, 0.25) is 0 Å². The quantitative estimate of drug-likeness (QED) is 0.492. The van der Waals surface area contributed by atoms with E-state index in [1.165, 1.54) is 0 Å². The molecule has 100 valence electrons. The van der Waals surface area contributed by atoms with Crippen LogP contribution in [-0.2, 0) is 0 Å². The fourth-order valence-electron chi connectivity index (χ4n) is 2.59. The number of benzene rings is 2. The van der Waals surface area contributed by atoms with Crippen LogP contribution in [-0.4, -0.2) is 4.98 Å². The largest absolute Gasteiger partial charge is 0.456 e. The molecular weight excluding hydrogens is 262 g/mol. The van der Waals surface area contributed by atoms with Crippen molar-refractivity contribution >= 4 is 21.7 Å². The highest BCUT2D eigenvalue weighted by molar-refractivity contribution is 6.05. The highest BCUT2D eigenvalue weighted by Crippen LogP contribution is 2.26. The van der Waals surface area contributed by atoms with Gasteiger partial charge < -0.3 is 4.42 Å². The van der Waals surface area contributed by atoms with E-state index in [4.69, 9.17) is 4.42 Å². The van der Waals surface area contributed by atoms with Crippen LogP contribution >= 0.6 is 0 Å². The lowest BCUT2D eigenvalue weighted by molar-refractivity contribution is 0.619. The van der Waals surface area contributed by atoms with Gasteiger partial charge in [-0.1, -0.05) is 30.3 Å². The van der Waals surface area contributed by atoms with Crippen molar-refractivity contribution in [1.29, 1.82) is 0 Å². The van der Waals surface area contributed by atoms with E-state index in [9.17, 15) is 4.79 Å². The van der Waals surface area contributed by atoms with Gasteiger partial charge in [0, 0.05) is 24.0 Å². The third-order valence-electron chi connectivity index (χ3n) is 3.58. The summed E-state index contributed by atoms with van der Waals surface area (Å²) in [6, 6.07) is 16.8. The Morgan fingerprint density at radius 2 is 1.71 bits per heavy atom. The Labute approximate surface area is 120 Å². The van der Waals surface area contributed by atoms with Crippen molar-refractivity contribution in [3.63, 3.8) is 0 Å². The molecule has 3 nitrogen and oxygen atoms in total. The minimum Gasteiger partial charge on any atom is -0.456 e. The number of aromatic nitrogens is 1. The third kappa shape index (κ3) is 1.91. The zero-order chi connectivity index (χ0) is 14.2. The van der Waals surface area contributed by atoms with Crippen molar-refractivity contribution in [3.8, 4) is 11.3 Å². The first-order chi connectivity index (χ1) is 10.3. The van der Waals surface area contributed by atoms with E-state index < -0.39 is 0 Å². The molecule has 2 aromatic carbocycles. The minimum absolute atomic E-state index is 0.0279. The molecule has 21 heavy (non-hydrogen) atoms. The fourth-order valence-corrected chi connectivity index (χ4v) is 2.59. The Balaban J connectivity index is 2.09. The van der Waals surface area contributed by atoms with E-state index in [2.05, 4.69) is 4.98 Å². The number of pyridine rings is 1. The summed E-state index contributed by atoms with van der Waals surface area (Å²) in [6.45, 7) is 0. The average molecular weight is 273 g/mol. The van der Waals surface area contributed by atoms with E-state index in [0.29, 0.717) is 16.7 Å². The van der Waals surface area contributed by atoms with E-state index in [0.717, 1.165) is 16.3 Å². The topological polar surface area (TPSA) is 43.1 Å². The van der Waals surface area contributed by atoms with Crippen molar-refractivity contribution in [2.45, 2.75) is 0 Å². The molecule has 2 aromatic heterocycles. The highest BCUT2D eigenvalue weighted by atomic mass is 16.3. The van der Waals surface area contributed by atoms with Crippen molar-refractivity contribution in [3.05, 3.63) is 77.2 Å². The molecule has 2 heterocycles. The summed E-state index contributed by atoms with van der Waals surface area (Å²) in [4.78, 5) is 16.5. The Kier molecular flexibility index (Phi) is 2.57. The molecule has 0 bridgehead atoms. The number of hydrogen-bond donors (Lipinski definition) is 0. The van der Waals surface area contributed by atoms with E-state index in [1.807, 2.05) is 48.5 Å². The lowest BCUT2D eigenvalue weighted by Gasteiger charge is -2.05. The van der Waals surface area contributed by atoms with Crippen LogP contribution in [0.15, 0.2) is 76.2 Å². The molecule has 0 aliphatic rings. The predicted octanol–water partition coefficient (Wildman–Crippen LogP) is 4.01. The SMILES string of the molecule is O=c1cc(-c2ccncc2)oc2ccc3ccccc3c12. The van der Waals surface area contributed by atoms with Gasteiger partial charge in [-0.2, -0.15) is 0 Å². The second kappa shape index (κ2) is 4.56. The number of nitrogens with zero attached hydrogens (tertiary/aromatic N) is 1. The Morgan fingerprint density at radius 1 is 0.905 bits per heavy atom. The first-order valence-corrected chi connectivity index (χ1v) is 6.69. The van der Waals surface area contributed by atoms with Gasteiger partial charge in [0.25, 0.3) is 0 Å². The molecule has 0 saturated carbocycles. The van der Waals surface area contributed by atoms with E-state index in [1.54, 1.807) is 18.5 Å². The molecule has 4 rings (SSSR count). The molecule has 0 atom stereocenters. The van der Waals surface area contributed by atoms with Crippen molar-refractivity contribution in [1.82, 2.24) is 4.98 Å². The van der Waals surface area contributed by atoms with Gasteiger partial charge in [-0.25, -0.2) is 0 Å². The van der Waals surface area contributed by atoms with Crippen LogP contribution in [0.3, 0.4) is 0 Å². The van der Waals surface area contributed by atoms with Crippen LogP contribution in [0.2, 0.25) is 0 Å². The first kappa shape index (κ1) is 11.9. The molecule has 0 radical (unpaired) electrons. The van der Waals surface area contributed by atoms with Gasteiger partial charge in [0.1, 0.15) is 11.3 Å². The minimum atomic E-state index is -0.0279. The van der Waals surface area contributed by atoms with Crippen LogP contribution in [0.25, 0.3) is 33.1 Å². The fraction of sp³-hybridized carbons (Fsp3) is 0. The molecule has 0 spiro atoms. The monoisotopic (exact) mass is 273 g/mol. The summed E-state index contributed by atoms with van der Waals surface area (Å²) >= 11 is 0. The second-order valence-corrected chi connectivity index (χ2v) is 4.87. The molecule has 3 heteroatoms. The molecule has 0 N–H and O–H groups in total. The highest BCUT2D eigenvalue weighted by Gasteiger charge is 2.09. The van der Waals surface area contributed by atoms with Crippen molar-refractivity contribution in [2.24, 2.45) is 0 Å². The molecule has 0 unspecified atom stereocenters. The number of hydrogen-bond acceptors (Lipinski definition) is 3. The van der Waals surface area contributed by atoms with Crippen LogP contribution in [0, 0.1) is 0 Å². The summed E-state index contributed by atoms with van der Waals surface area (Å²) in [7, 11) is 0. The number of rotatable bonds is 1. The van der Waals surface area contributed by atoms with Gasteiger partial charge in [0.05, 0.1) is 5.39 Å². The maximum absolute atomic E-state index is 12.5. The Morgan fingerprint density at radius 3 is 2.57 bits per heavy atom. The smallest absolute Gasteiger partial charge is 0.193 e. The lowest BCUT2D eigenvalue weighted by Crippen LogP contribution is -2.01. The van der Waals surface area contributed by atoms with Gasteiger partial charge in [0.15, 0.2) is 5.43 Å². The first-order valence-electron chi connectivity index (χ1n) is 6.69. The zero-order valence-electron chi connectivity index (χ0n) is 11.1. The summed E-state index contributed by atoms with van der Waals surface area (Å²) < 4.78 is 5.91. The molecule has 0 saturated heterocycles. The molecule has 0 fully saturated rings. The molecule has 0 aliphatic heterocycles. The Bertz CT molecular complexity index is 1000. The van der Waals surface area contributed by atoms with E-state index in [-0.39, 0.29) is 5.43 Å². The average Bonchev–Trinajstić information content (AvgIpc) is 2.55. The predicted molar refractivity (Wildman–Crippen MR) is 83.2 cm³/mol. The van der Waals surface area contributed by atoms with Gasteiger partial charge in [-0.05, 0) is 29.0 Å². The van der Waals surface area contributed by atoms with Crippen molar-refractivity contribution < 1.29 is 4.42 Å². The van der Waals surface area contributed by atoms with E-state index >= 15 is 0 Å². The van der Waals surface area contributed by atoms with Crippen LogP contribution in [0.5, 0.6) is 0 Å². The third-order valence-corrected chi connectivity index (χ3v) is 3.58. The normalized spacial score (nSPS) is 11.0. The van der Waals surface area contributed by atoms with Crippen LogP contribution in [0.4, 0.5) is 0 Å². The standard InChI is InChI=1S/C18H11NO2/c20-15-11-17(13-7-9-19-10-8-13)21-16-6-5-12-3-1-2-4-14(12)18(15)16/h1-11H. The van der Waals surface area contributed by atoms with Gasteiger partial charge in [-0.3, -0.25) is 9.78 Å². The summed E-state index contributed by atoms with van der Waals surface area (Å²) in [5.41, 5.74) is 1.42. The van der Waals surface area contributed by atoms with Gasteiger partial charge >= 0.3 is 0 Å². The lowest BCUT2D eigenvalue weighted by atomic mass is 10.0. The second-order valence-electron chi connectivity index (χ2n) is 4.87. The molecular formula is C18H11NO2. The molecule has 4 aromatic rings.